The van der Waals surface area contributed by atoms with Crippen molar-refractivity contribution < 1.29 is 9.47 Å². The van der Waals surface area contributed by atoms with Crippen LogP contribution in [0.4, 0.5) is 0 Å². The minimum absolute atomic E-state index is 0.248. The molecule has 6 bridgehead atoms. The van der Waals surface area contributed by atoms with E-state index >= 15 is 0 Å². The third kappa shape index (κ3) is 2.57. The maximum absolute atomic E-state index is 6.66. The van der Waals surface area contributed by atoms with E-state index in [-0.39, 0.29) is 11.7 Å². The summed E-state index contributed by atoms with van der Waals surface area (Å²) in [7, 11) is 0. The van der Waals surface area contributed by atoms with Gasteiger partial charge in [0.2, 0.25) is 0 Å². The molecule has 7 rings (SSSR count). The molecule has 140 valence electrons. The Morgan fingerprint density at radius 3 is 2.24 bits per heavy atom. The Labute approximate surface area is 153 Å². The SMILES string of the molecule is CC(COC12CC3CC(CC(C3)C1)C2)OC1CC2CC1C1CCCC21. The zero-order valence-electron chi connectivity index (χ0n) is 16.0. The van der Waals surface area contributed by atoms with Crippen molar-refractivity contribution in [2.45, 2.75) is 95.4 Å². The van der Waals surface area contributed by atoms with Gasteiger partial charge in [-0.05, 0) is 113 Å². The van der Waals surface area contributed by atoms with E-state index in [0.717, 1.165) is 48.0 Å². The first-order valence-corrected chi connectivity index (χ1v) is 11.5. The lowest BCUT2D eigenvalue weighted by Gasteiger charge is -2.56. The normalized spacial score (nSPS) is 56.5. The van der Waals surface area contributed by atoms with Crippen LogP contribution in [0.25, 0.3) is 0 Å². The molecule has 2 nitrogen and oxygen atoms in total. The highest BCUT2D eigenvalue weighted by molar-refractivity contribution is 5.05. The lowest BCUT2D eigenvalue weighted by atomic mass is 9.54. The molecule has 0 amide bonds. The standard InChI is InChI=1S/C23H36O2/c1-14(25-22-9-18-8-21(22)20-4-2-3-19(18)20)13-24-23-10-15-5-16(11-23)7-17(6-15)12-23/h14-22H,2-13H2,1H3. The van der Waals surface area contributed by atoms with Crippen LogP contribution in [0.2, 0.25) is 0 Å². The topological polar surface area (TPSA) is 18.5 Å². The summed E-state index contributed by atoms with van der Waals surface area (Å²) in [5.41, 5.74) is 0.248. The molecule has 25 heavy (non-hydrogen) atoms. The van der Waals surface area contributed by atoms with E-state index in [4.69, 9.17) is 9.47 Å². The summed E-state index contributed by atoms with van der Waals surface area (Å²) in [5, 5.41) is 0. The molecule has 0 saturated heterocycles. The lowest BCUT2D eigenvalue weighted by Crippen LogP contribution is -2.52. The first-order chi connectivity index (χ1) is 12.2. The van der Waals surface area contributed by atoms with Gasteiger partial charge in [0.15, 0.2) is 0 Å². The predicted molar refractivity (Wildman–Crippen MR) is 98.2 cm³/mol. The van der Waals surface area contributed by atoms with Crippen molar-refractivity contribution in [3.05, 3.63) is 0 Å². The van der Waals surface area contributed by atoms with E-state index in [1.807, 2.05) is 0 Å². The van der Waals surface area contributed by atoms with Gasteiger partial charge in [0.1, 0.15) is 0 Å². The smallest absolute Gasteiger partial charge is 0.0784 e. The van der Waals surface area contributed by atoms with E-state index in [2.05, 4.69) is 6.92 Å². The summed E-state index contributed by atoms with van der Waals surface area (Å²) in [5.74, 6) is 6.91. The average Bonchev–Trinajstić information content (AvgIpc) is 3.24. The van der Waals surface area contributed by atoms with Gasteiger partial charge in [0.05, 0.1) is 24.4 Å². The van der Waals surface area contributed by atoms with Crippen molar-refractivity contribution in [2.75, 3.05) is 6.61 Å². The van der Waals surface area contributed by atoms with Crippen LogP contribution in [0, 0.1) is 41.4 Å². The van der Waals surface area contributed by atoms with Crippen molar-refractivity contribution in [3.63, 3.8) is 0 Å². The quantitative estimate of drug-likeness (QED) is 0.682. The number of hydrogen-bond donors (Lipinski definition) is 0. The van der Waals surface area contributed by atoms with Crippen LogP contribution in [0.1, 0.15) is 77.6 Å². The van der Waals surface area contributed by atoms with E-state index in [0.29, 0.717) is 6.10 Å². The molecule has 0 heterocycles. The van der Waals surface area contributed by atoms with Gasteiger partial charge in [0, 0.05) is 0 Å². The first-order valence-electron chi connectivity index (χ1n) is 11.5. The second kappa shape index (κ2) is 5.71. The van der Waals surface area contributed by atoms with Gasteiger partial charge < -0.3 is 9.47 Å². The van der Waals surface area contributed by atoms with Gasteiger partial charge in [-0.2, -0.15) is 0 Å². The van der Waals surface area contributed by atoms with E-state index < -0.39 is 0 Å². The maximum atomic E-state index is 6.66. The molecule has 6 unspecified atom stereocenters. The first kappa shape index (κ1) is 15.9. The van der Waals surface area contributed by atoms with Crippen LogP contribution in [-0.4, -0.2) is 24.4 Å². The maximum Gasteiger partial charge on any atom is 0.0784 e. The molecule has 2 heteroatoms. The van der Waals surface area contributed by atoms with Gasteiger partial charge in [-0.3, -0.25) is 0 Å². The van der Waals surface area contributed by atoms with Gasteiger partial charge >= 0.3 is 0 Å². The van der Waals surface area contributed by atoms with Gasteiger partial charge in [-0.1, -0.05) is 6.42 Å². The third-order valence-corrected chi connectivity index (χ3v) is 9.38. The Morgan fingerprint density at radius 1 is 0.840 bits per heavy atom. The Morgan fingerprint density at radius 2 is 1.52 bits per heavy atom. The molecule has 7 fully saturated rings. The highest BCUT2D eigenvalue weighted by Crippen LogP contribution is 2.60. The zero-order valence-corrected chi connectivity index (χ0v) is 16.0. The van der Waals surface area contributed by atoms with Gasteiger partial charge in [-0.25, -0.2) is 0 Å². The van der Waals surface area contributed by atoms with Crippen molar-refractivity contribution in [1.82, 2.24) is 0 Å². The molecule has 0 aromatic carbocycles. The van der Waals surface area contributed by atoms with Crippen molar-refractivity contribution >= 4 is 0 Å². The van der Waals surface area contributed by atoms with Crippen LogP contribution in [-0.2, 0) is 9.47 Å². The van der Waals surface area contributed by atoms with Crippen LogP contribution < -0.4 is 0 Å². The summed E-state index contributed by atoms with van der Waals surface area (Å²) in [4.78, 5) is 0. The van der Waals surface area contributed by atoms with Gasteiger partial charge in [-0.15, -0.1) is 0 Å². The van der Waals surface area contributed by atoms with Crippen molar-refractivity contribution in [2.24, 2.45) is 41.4 Å². The number of ether oxygens (including phenoxy) is 2. The highest BCUT2D eigenvalue weighted by atomic mass is 16.5. The fourth-order valence-electron chi connectivity index (χ4n) is 9.00. The predicted octanol–water partition coefficient (Wildman–Crippen LogP) is 5.20. The minimum Gasteiger partial charge on any atom is -0.373 e. The molecule has 7 aliphatic rings. The average molecular weight is 345 g/mol. The lowest BCUT2D eigenvalue weighted by molar-refractivity contribution is -0.185. The summed E-state index contributed by atoms with van der Waals surface area (Å²) in [6.07, 6.45) is 16.7. The Hall–Kier alpha value is -0.0800. The van der Waals surface area contributed by atoms with Crippen molar-refractivity contribution in [1.29, 1.82) is 0 Å². The second-order valence-corrected chi connectivity index (χ2v) is 11.1. The fourth-order valence-corrected chi connectivity index (χ4v) is 9.00. The zero-order chi connectivity index (χ0) is 16.6. The van der Waals surface area contributed by atoms with Crippen molar-refractivity contribution in [3.8, 4) is 0 Å². The second-order valence-electron chi connectivity index (χ2n) is 11.1. The molecular formula is C23H36O2. The Kier molecular flexibility index (Phi) is 3.64. The number of hydrogen-bond acceptors (Lipinski definition) is 2. The van der Waals surface area contributed by atoms with Gasteiger partial charge in [0.25, 0.3) is 0 Å². The van der Waals surface area contributed by atoms with E-state index in [1.165, 1.54) is 70.6 Å². The molecule has 7 saturated carbocycles. The molecule has 0 spiro atoms. The third-order valence-electron chi connectivity index (χ3n) is 9.38. The summed E-state index contributed by atoms with van der Waals surface area (Å²) in [6.45, 7) is 3.12. The molecule has 0 aromatic rings. The fraction of sp³-hybridized carbons (Fsp3) is 1.00. The van der Waals surface area contributed by atoms with E-state index in [9.17, 15) is 0 Å². The molecule has 0 N–H and O–H groups in total. The molecule has 7 aliphatic carbocycles. The largest absolute Gasteiger partial charge is 0.373 e. The van der Waals surface area contributed by atoms with E-state index in [1.54, 1.807) is 0 Å². The minimum atomic E-state index is 0.248. The van der Waals surface area contributed by atoms with Crippen LogP contribution in [0.3, 0.4) is 0 Å². The molecule has 0 aromatic heterocycles. The number of fused-ring (bicyclic) bond motifs is 5. The summed E-state index contributed by atoms with van der Waals surface area (Å²) >= 11 is 0. The summed E-state index contributed by atoms with van der Waals surface area (Å²) < 4.78 is 13.2. The van der Waals surface area contributed by atoms with Crippen LogP contribution in [0.15, 0.2) is 0 Å². The monoisotopic (exact) mass is 344 g/mol. The summed E-state index contributed by atoms with van der Waals surface area (Å²) in [6, 6.07) is 0. The molecule has 6 atom stereocenters. The Balaban J connectivity index is 1.05. The highest BCUT2D eigenvalue weighted by Gasteiger charge is 2.55. The molecular weight excluding hydrogens is 308 g/mol. The number of rotatable bonds is 5. The molecule has 0 aliphatic heterocycles. The Bertz CT molecular complexity index is 493. The van der Waals surface area contributed by atoms with Crippen LogP contribution >= 0.6 is 0 Å². The van der Waals surface area contributed by atoms with Crippen LogP contribution in [0.5, 0.6) is 0 Å². The molecule has 0 radical (unpaired) electrons.